The van der Waals surface area contributed by atoms with Crippen molar-refractivity contribution in [3.05, 3.63) is 72.2 Å². The minimum absolute atomic E-state index is 0.822. The van der Waals surface area contributed by atoms with Crippen LogP contribution >= 0.6 is 11.3 Å². The Morgan fingerprint density at radius 1 is 0.920 bits per heavy atom. The van der Waals surface area contributed by atoms with Gasteiger partial charge in [0.15, 0.2) is 5.82 Å². The van der Waals surface area contributed by atoms with Gasteiger partial charge in [0.05, 0.1) is 0 Å². The predicted octanol–water partition coefficient (Wildman–Crippen LogP) is 4.12. The van der Waals surface area contributed by atoms with Crippen molar-refractivity contribution in [2.45, 2.75) is 12.8 Å². The molecular formula is C19H15N5S. The summed E-state index contributed by atoms with van der Waals surface area (Å²) in [5, 5.41) is 15.5. The molecule has 2 aromatic carbocycles. The maximum Gasteiger partial charge on any atom is 0.234 e. The van der Waals surface area contributed by atoms with E-state index >= 15 is 0 Å². The molecule has 0 spiro atoms. The van der Waals surface area contributed by atoms with Gasteiger partial charge >= 0.3 is 0 Å². The zero-order chi connectivity index (χ0) is 16.6. The highest BCUT2D eigenvalue weighted by molar-refractivity contribution is 7.19. The summed E-state index contributed by atoms with van der Waals surface area (Å²) in [6.07, 6.45) is 3.77. The van der Waals surface area contributed by atoms with Gasteiger partial charge in [-0.05, 0) is 18.1 Å². The Kier molecular flexibility index (Phi) is 3.34. The number of aromatic amines is 1. The molecule has 0 atom stereocenters. The van der Waals surface area contributed by atoms with Gasteiger partial charge in [-0.2, -0.15) is 9.61 Å². The molecule has 0 unspecified atom stereocenters. The number of hydrogen-bond acceptors (Lipinski definition) is 4. The standard InChI is InChI=1S/C19H15N5S/c1-2-6-13(7-3-1)10-11-17-21-22-19-24(17)23-18(25-19)15-12-20-16-9-5-4-8-14(15)16/h1-9,12,20H,10-11H2. The third-order valence-corrected chi connectivity index (χ3v) is 5.29. The first-order chi connectivity index (χ1) is 12.4. The number of nitrogens with one attached hydrogen (secondary N) is 1. The number of hydrogen-bond donors (Lipinski definition) is 1. The highest BCUT2D eigenvalue weighted by Crippen LogP contribution is 2.31. The van der Waals surface area contributed by atoms with Crippen molar-refractivity contribution in [3.63, 3.8) is 0 Å². The topological polar surface area (TPSA) is 58.9 Å². The van der Waals surface area contributed by atoms with E-state index in [1.165, 1.54) is 10.9 Å². The van der Waals surface area contributed by atoms with Crippen LogP contribution in [0.5, 0.6) is 0 Å². The SMILES string of the molecule is c1ccc(CCc2nnc3sc(-c4c[nH]c5ccccc45)nn23)cc1. The highest BCUT2D eigenvalue weighted by Gasteiger charge is 2.15. The van der Waals surface area contributed by atoms with Crippen LogP contribution in [0.15, 0.2) is 60.8 Å². The zero-order valence-electron chi connectivity index (χ0n) is 13.4. The molecule has 0 saturated heterocycles. The number of aromatic nitrogens is 5. The molecule has 1 N–H and O–H groups in total. The van der Waals surface area contributed by atoms with E-state index < -0.39 is 0 Å². The Bertz CT molecular complexity index is 1150. The van der Waals surface area contributed by atoms with Crippen LogP contribution in [0.2, 0.25) is 0 Å². The van der Waals surface area contributed by atoms with Gasteiger partial charge in [0, 0.05) is 29.1 Å². The van der Waals surface area contributed by atoms with Crippen molar-refractivity contribution in [1.82, 2.24) is 24.8 Å². The van der Waals surface area contributed by atoms with Gasteiger partial charge in [-0.3, -0.25) is 0 Å². The van der Waals surface area contributed by atoms with Crippen molar-refractivity contribution in [2.75, 3.05) is 0 Å². The normalized spacial score (nSPS) is 11.5. The second-order valence-electron chi connectivity index (χ2n) is 5.95. The molecule has 6 heteroatoms. The van der Waals surface area contributed by atoms with E-state index in [-0.39, 0.29) is 0 Å². The minimum atomic E-state index is 0.822. The summed E-state index contributed by atoms with van der Waals surface area (Å²) in [6, 6.07) is 18.7. The van der Waals surface area contributed by atoms with E-state index in [0.717, 1.165) is 39.7 Å². The molecule has 0 bridgehead atoms. The predicted molar refractivity (Wildman–Crippen MR) is 99.8 cm³/mol. The number of H-pyrrole nitrogens is 1. The quantitative estimate of drug-likeness (QED) is 0.533. The number of rotatable bonds is 4. The average Bonchev–Trinajstić information content (AvgIpc) is 3.34. The van der Waals surface area contributed by atoms with Crippen molar-refractivity contribution in [2.24, 2.45) is 0 Å². The summed E-state index contributed by atoms with van der Waals surface area (Å²) >= 11 is 1.57. The maximum absolute atomic E-state index is 4.77. The van der Waals surface area contributed by atoms with E-state index in [0.29, 0.717) is 0 Å². The molecule has 122 valence electrons. The summed E-state index contributed by atoms with van der Waals surface area (Å²) in [7, 11) is 0. The molecule has 0 saturated carbocycles. The fraction of sp³-hybridized carbons (Fsp3) is 0.105. The molecule has 3 aromatic heterocycles. The van der Waals surface area contributed by atoms with Gasteiger partial charge in [-0.15, -0.1) is 10.2 Å². The van der Waals surface area contributed by atoms with Gasteiger partial charge in [-0.1, -0.05) is 59.9 Å². The van der Waals surface area contributed by atoms with Crippen LogP contribution in [0.4, 0.5) is 0 Å². The lowest BCUT2D eigenvalue weighted by Gasteiger charge is -1.98. The number of benzene rings is 2. The summed E-state index contributed by atoms with van der Waals surface area (Å²) in [5.41, 5.74) is 3.53. The van der Waals surface area contributed by atoms with Gasteiger partial charge in [-0.25, -0.2) is 0 Å². The largest absolute Gasteiger partial charge is 0.360 e. The molecule has 0 fully saturated rings. The summed E-state index contributed by atoms with van der Waals surface area (Å²) < 4.78 is 1.88. The molecular weight excluding hydrogens is 330 g/mol. The number of para-hydroxylation sites is 1. The van der Waals surface area contributed by atoms with Crippen LogP contribution in [-0.4, -0.2) is 24.8 Å². The monoisotopic (exact) mass is 345 g/mol. The van der Waals surface area contributed by atoms with E-state index in [1.54, 1.807) is 11.3 Å². The molecule has 0 aliphatic carbocycles. The summed E-state index contributed by atoms with van der Waals surface area (Å²) in [4.78, 5) is 4.14. The van der Waals surface area contributed by atoms with E-state index in [2.05, 4.69) is 51.6 Å². The van der Waals surface area contributed by atoms with E-state index in [1.807, 2.05) is 28.9 Å². The number of aryl methyl sites for hydroxylation is 2. The van der Waals surface area contributed by atoms with Crippen LogP contribution in [0.3, 0.4) is 0 Å². The zero-order valence-corrected chi connectivity index (χ0v) is 14.2. The van der Waals surface area contributed by atoms with Crippen molar-refractivity contribution >= 4 is 27.2 Å². The molecule has 3 heterocycles. The lowest BCUT2D eigenvalue weighted by Crippen LogP contribution is -1.99. The molecule has 25 heavy (non-hydrogen) atoms. The number of fused-ring (bicyclic) bond motifs is 2. The van der Waals surface area contributed by atoms with Crippen molar-refractivity contribution in [3.8, 4) is 10.6 Å². The molecule has 0 radical (unpaired) electrons. The molecule has 0 amide bonds. The highest BCUT2D eigenvalue weighted by atomic mass is 32.1. The third-order valence-electron chi connectivity index (χ3n) is 4.36. The molecule has 0 aliphatic rings. The smallest absolute Gasteiger partial charge is 0.234 e. The third kappa shape index (κ3) is 2.51. The molecule has 5 nitrogen and oxygen atoms in total. The first-order valence-electron chi connectivity index (χ1n) is 8.20. The van der Waals surface area contributed by atoms with Crippen molar-refractivity contribution in [1.29, 1.82) is 0 Å². The van der Waals surface area contributed by atoms with Gasteiger partial charge in [0.25, 0.3) is 0 Å². The summed E-state index contributed by atoms with van der Waals surface area (Å²) in [6.45, 7) is 0. The molecule has 5 aromatic rings. The fourth-order valence-electron chi connectivity index (χ4n) is 3.07. The Hall–Kier alpha value is -2.99. The van der Waals surface area contributed by atoms with Crippen LogP contribution in [-0.2, 0) is 12.8 Å². The first kappa shape index (κ1) is 14.4. The fourth-order valence-corrected chi connectivity index (χ4v) is 3.96. The van der Waals surface area contributed by atoms with Crippen LogP contribution in [0.1, 0.15) is 11.4 Å². The maximum atomic E-state index is 4.77. The van der Waals surface area contributed by atoms with Crippen LogP contribution in [0, 0.1) is 0 Å². The molecule has 5 rings (SSSR count). The van der Waals surface area contributed by atoms with Gasteiger partial charge in [0.1, 0.15) is 5.01 Å². The van der Waals surface area contributed by atoms with Crippen LogP contribution in [0.25, 0.3) is 26.4 Å². The molecule has 0 aliphatic heterocycles. The minimum Gasteiger partial charge on any atom is -0.360 e. The number of nitrogens with zero attached hydrogens (tertiary/aromatic N) is 4. The second-order valence-corrected chi connectivity index (χ2v) is 6.91. The average molecular weight is 345 g/mol. The van der Waals surface area contributed by atoms with E-state index in [4.69, 9.17) is 5.10 Å². The summed E-state index contributed by atoms with van der Waals surface area (Å²) in [5.74, 6) is 0.904. The van der Waals surface area contributed by atoms with Crippen molar-refractivity contribution < 1.29 is 0 Å². The van der Waals surface area contributed by atoms with Gasteiger partial charge in [0.2, 0.25) is 4.96 Å². The second kappa shape index (κ2) is 5.82. The first-order valence-corrected chi connectivity index (χ1v) is 9.02. The lowest BCUT2D eigenvalue weighted by molar-refractivity contribution is 0.793. The van der Waals surface area contributed by atoms with Gasteiger partial charge < -0.3 is 4.98 Å². The Labute approximate surface area is 148 Å². The lowest BCUT2D eigenvalue weighted by atomic mass is 10.1. The van der Waals surface area contributed by atoms with Crippen LogP contribution < -0.4 is 0 Å². The Morgan fingerprint density at radius 3 is 2.68 bits per heavy atom. The Morgan fingerprint density at radius 2 is 1.76 bits per heavy atom. The van der Waals surface area contributed by atoms with E-state index in [9.17, 15) is 0 Å². The Balaban J connectivity index is 1.49.